The maximum Gasteiger partial charge on any atom is 0.243 e. The van der Waals surface area contributed by atoms with E-state index in [1.54, 1.807) is 0 Å². The Morgan fingerprint density at radius 2 is 1.52 bits per heavy atom. The van der Waals surface area contributed by atoms with Crippen LogP contribution in [0.15, 0.2) is 53.0 Å². The van der Waals surface area contributed by atoms with Gasteiger partial charge in [0.15, 0.2) is 0 Å². The van der Waals surface area contributed by atoms with Crippen molar-refractivity contribution in [2.45, 2.75) is 13.8 Å². The second kappa shape index (κ2) is 8.58. The summed E-state index contributed by atoms with van der Waals surface area (Å²) in [5.74, 6) is -0.0662. The molecular formula is C18H22BrN3O. The van der Waals surface area contributed by atoms with Crippen LogP contribution in [0.4, 0.5) is 17.1 Å². The Balaban J connectivity index is 1.86. The molecule has 122 valence electrons. The number of amides is 1. The van der Waals surface area contributed by atoms with Crippen LogP contribution in [0.5, 0.6) is 0 Å². The van der Waals surface area contributed by atoms with Crippen LogP contribution in [-0.2, 0) is 4.79 Å². The molecular weight excluding hydrogens is 354 g/mol. The van der Waals surface area contributed by atoms with E-state index in [2.05, 4.69) is 45.3 Å². The molecule has 1 amide bonds. The van der Waals surface area contributed by atoms with Crippen LogP contribution in [0.1, 0.15) is 13.8 Å². The van der Waals surface area contributed by atoms with Gasteiger partial charge in [-0.3, -0.25) is 4.79 Å². The van der Waals surface area contributed by atoms with Crippen LogP contribution >= 0.6 is 15.9 Å². The van der Waals surface area contributed by atoms with Gasteiger partial charge in [-0.25, -0.2) is 0 Å². The molecule has 0 aromatic heterocycles. The van der Waals surface area contributed by atoms with Crippen molar-refractivity contribution in [2.75, 3.05) is 35.2 Å². The van der Waals surface area contributed by atoms with E-state index in [1.165, 1.54) is 5.69 Å². The lowest BCUT2D eigenvalue weighted by atomic mass is 10.2. The lowest BCUT2D eigenvalue weighted by molar-refractivity contribution is -0.114. The molecule has 2 rings (SSSR count). The number of nitrogens with zero attached hydrogens (tertiary/aromatic N) is 1. The summed E-state index contributed by atoms with van der Waals surface area (Å²) < 4.78 is 1.01. The molecule has 0 aliphatic rings. The van der Waals surface area contributed by atoms with Crippen LogP contribution in [0.25, 0.3) is 0 Å². The van der Waals surface area contributed by atoms with Crippen molar-refractivity contribution in [1.29, 1.82) is 0 Å². The van der Waals surface area contributed by atoms with Crippen LogP contribution in [0.2, 0.25) is 0 Å². The topological polar surface area (TPSA) is 44.4 Å². The van der Waals surface area contributed by atoms with Crippen molar-refractivity contribution in [3.63, 3.8) is 0 Å². The van der Waals surface area contributed by atoms with Gasteiger partial charge >= 0.3 is 0 Å². The third-order valence-corrected chi connectivity index (χ3v) is 4.11. The maximum atomic E-state index is 12.0. The molecule has 0 unspecified atom stereocenters. The Hall–Kier alpha value is -2.01. The van der Waals surface area contributed by atoms with E-state index in [0.29, 0.717) is 0 Å². The van der Waals surface area contributed by atoms with Crippen molar-refractivity contribution < 1.29 is 4.79 Å². The van der Waals surface area contributed by atoms with E-state index in [9.17, 15) is 4.79 Å². The molecule has 2 N–H and O–H groups in total. The molecule has 0 atom stereocenters. The first kappa shape index (κ1) is 17.3. The molecule has 0 radical (unpaired) electrons. The van der Waals surface area contributed by atoms with Crippen molar-refractivity contribution in [3.05, 3.63) is 53.0 Å². The van der Waals surface area contributed by atoms with Gasteiger partial charge in [0.1, 0.15) is 0 Å². The molecule has 0 saturated carbocycles. The lowest BCUT2D eigenvalue weighted by Crippen LogP contribution is -2.23. The predicted octanol–water partition coefficient (Wildman–Crippen LogP) is 4.35. The molecule has 0 aliphatic heterocycles. The highest BCUT2D eigenvalue weighted by atomic mass is 79.9. The first-order valence-electron chi connectivity index (χ1n) is 7.76. The smallest absolute Gasteiger partial charge is 0.243 e. The summed E-state index contributed by atoms with van der Waals surface area (Å²) in [5, 5.41) is 6.00. The highest BCUT2D eigenvalue weighted by Crippen LogP contribution is 2.18. The highest BCUT2D eigenvalue weighted by Gasteiger charge is 2.04. The first-order valence-corrected chi connectivity index (χ1v) is 8.56. The molecule has 23 heavy (non-hydrogen) atoms. The molecule has 5 heteroatoms. The molecule has 0 fully saturated rings. The van der Waals surface area contributed by atoms with Crippen molar-refractivity contribution in [3.8, 4) is 0 Å². The van der Waals surface area contributed by atoms with Gasteiger partial charge < -0.3 is 15.5 Å². The van der Waals surface area contributed by atoms with E-state index in [-0.39, 0.29) is 12.5 Å². The predicted molar refractivity (Wildman–Crippen MR) is 101 cm³/mol. The minimum Gasteiger partial charge on any atom is -0.376 e. The van der Waals surface area contributed by atoms with E-state index in [0.717, 1.165) is 28.9 Å². The van der Waals surface area contributed by atoms with Gasteiger partial charge in [-0.05, 0) is 62.4 Å². The number of carbonyl (C=O) groups is 1. The Morgan fingerprint density at radius 1 is 0.957 bits per heavy atom. The number of carbonyl (C=O) groups excluding carboxylic acids is 1. The average molecular weight is 376 g/mol. The molecule has 2 aromatic rings. The quantitative estimate of drug-likeness (QED) is 0.755. The van der Waals surface area contributed by atoms with Gasteiger partial charge in [0.25, 0.3) is 0 Å². The number of nitrogens with one attached hydrogen (secondary N) is 2. The fourth-order valence-electron chi connectivity index (χ4n) is 2.30. The molecule has 0 spiro atoms. The minimum absolute atomic E-state index is 0.0662. The second-order valence-corrected chi connectivity index (χ2v) is 6.04. The summed E-state index contributed by atoms with van der Waals surface area (Å²) >= 11 is 3.39. The normalized spacial score (nSPS) is 10.2. The molecule has 0 saturated heterocycles. The standard InChI is InChI=1S/C18H22BrN3O/c1-3-22(4-2)17-11-9-16(10-12-17)21-18(23)13-20-15-7-5-14(19)6-8-15/h5-12,20H,3-4,13H2,1-2H3,(H,21,23). The number of hydrogen-bond acceptors (Lipinski definition) is 3. The summed E-state index contributed by atoms with van der Waals surface area (Å²) in [5.41, 5.74) is 2.89. The molecule has 2 aromatic carbocycles. The Kier molecular flexibility index (Phi) is 6.47. The van der Waals surface area contributed by atoms with E-state index in [1.807, 2.05) is 48.5 Å². The van der Waals surface area contributed by atoms with Crippen LogP contribution in [0, 0.1) is 0 Å². The number of hydrogen-bond donors (Lipinski definition) is 2. The largest absolute Gasteiger partial charge is 0.376 e. The zero-order chi connectivity index (χ0) is 16.7. The Morgan fingerprint density at radius 3 is 2.09 bits per heavy atom. The SMILES string of the molecule is CCN(CC)c1ccc(NC(=O)CNc2ccc(Br)cc2)cc1. The van der Waals surface area contributed by atoms with Crippen molar-refractivity contribution in [2.24, 2.45) is 0 Å². The van der Waals surface area contributed by atoms with Crippen LogP contribution in [-0.4, -0.2) is 25.5 Å². The number of halogens is 1. The summed E-state index contributed by atoms with van der Waals surface area (Å²) in [6.45, 7) is 6.44. The molecule has 0 aliphatic carbocycles. The van der Waals surface area contributed by atoms with Gasteiger partial charge in [-0.1, -0.05) is 15.9 Å². The zero-order valence-corrected chi connectivity index (χ0v) is 15.1. The van der Waals surface area contributed by atoms with Crippen LogP contribution < -0.4 is 15.5 Å². The fraction of sp³-hybridized carbons (Fsp3) is 0.278. The first-order chi connectivity index (χ1) is 11.1. The summed E-state index contributed by atoms with van der Waals surface area (Å²) in [6.07, 6.45) is 0. The third kappa shape index (κ3) is 5.28. The fourth-order valence-corrected chi connectivity index (χ4v) is 2.56. The maximum absolute atomic E-state index is 12.0. The second-order valence-electron chi connectivity index (χ2n) is 5.13. The summed E-state index contributed by atoms with van der Waals surface area (Å²) in [4.78, 5) is 14.3. The third-order valence-electron chi connectivity index (χ3n) is 3.58. The van der Waals surface area contributed by atoms with E-state index < -0.39 is 0 Å². The summed E-state index contributed by atoms with van der Waals surface area (Å²) in [6, 6.07) is 15.7. The van der Waals surface area contributed by atoms with Crippen LogP contribution in [0.3, 0.4) is 0 Å². The van der Waals surface area contributed by atoms with Crippen molar-refractivity contribution >= 4 is 38.9 Å². The van der Waals surface area contributed by atoms with Gasteiger partial charge in [-0.15, -0.1) is 0 Å². The Bertz CT molecular complexity index is 622. The molecule has 0 bridgehead atoms. The zero-order valence-electron chi connectivity index (χ0n) is 13.5. The number of anilines is 3. The van der Waals surface area contributed by atoms with Gasteiger partial charge in [-0.2, -0.15) is 0 Å². The minimum atomic E-state index is -0.0662. The van der Waals surface area contributed by atoms with Crippen molar-refractivity contribution in [1.82, 2.24) is 0 Å². The summed E-state index contributed by atoms with van der Waals surface area (Å²) in [7, 11) is 0. The van der Waals surface area contributed by atoms with Gasteiger partial charge in [0.2, 0.25) is 5.91 Å². The van der Waals surface area contributed by atoms with Gasteiger partial charge in [0, 0.05) is 34.6 Å². The Labute approximate surface area is 146 Å². The number of benzene rings is 2. The van der Waals surface area contributed by atoms with E-state index >= 15 is 0 Å². The lowest BCUT2D eigenvalue weighted by Gasteiger charge is -2.21. The molecule has 0 heterocycles. The van der Waals surface area contributed by atoms with Gasteiger partial charge in [0.05, 0.1) is 6.54 Å². The molecule has 4 nitrogen and oxygen atoms in total. The average Bonchev–Trinajstić information content (AvgIpc) is 2.57. The monoisotopic (exact) mass is 375 g/mol. The highest BCUT2D eigenvalue weighted by molar-refractivity contribution is 9.10. The number of rotatable bonds is 7. The van der Waals surface area contributed by atoms with E-state index in [4.69, 9.17) is 0 Å².